The molecule has 2 rings (SSSR count). The SMILES string of the molecule is CCc1ccc2nc(CC#N)[nH]c(=O)c2c1. The Morgan fingerprint density at radius 3 is 3.00 bits per heavy atom. The molecule has 1 heterocycles. The van der Waals surface area contributed by atoms with Crippen LogP contribution in [0.3, 0.4) is 0 Å². The third-order valence-electron chi connectivity index (χ3n) is 2.47. The summed E-state index contributed by atoms with van der Waals surface area (Å²) in [6.45, 7) is 2.03. The van der Waals surface area contributed by atoms with Crippen molar-refractivity contribution < 1.29 is 0 Å². The van der Waals surface area contributed by atoms with Crippen molar-refractivity contribution in [2.75, 3.05) is 0 Å². The lowest BCUT2D eigenvalue weighted by molar-refractivity contribution is 0.998. The summed E-state index contributed by atoms with van der Waals surface area (Å²) in [4.78, 5) is 18.6. The summed E-state index contributed by atoms with van der Waals surface area (Å²) in [5.74, 6) is 0.421. The van der Waals surface area contributed by atoms with Gasteiger partial charge < -0.3 is 4.98 Å². The monoisotopic (exact) mass is 213 g/mol. The van der Waals surface area contributed by atoms with E-state index in [-0.39, 0.29) is 12.0 Å². The number of aromatic nitrogens is 2. The van der Waals surface area contributed by atoms with Crippen LogP contribution in [-0.2, 0) is 12.8 Å². The van der Waals surface area contributed by atoms with Crippen LogP contribution < -0.4 is 5.56 Å². The first-order chi connectivity index (χ1) is 7.74. The molecule has 80 valence electrons. The van der Waals surface area contributed by atoms with Gasteiger partial charge in [0.25, 0.3) is 5.56 Å². The average Bonchev–Trinajstić information content (AvgIpc) is 2.29. The molecule has 1 aromatic heterocycles. The number of rotatable bonds is 2. The van der Waals surface area contributed by atoms with E-state index in [2.05, 4.69) is 9.97 Å². The molecule has 0 aliphatic heterocycles. The molecule has 0 aliphatic rings. The predicted molar refractivity (Wildman–Crippen MR) is 61.1 cm³/mol. The standard InChI is InChI=1S/C12H11N3O/c1-2-8-3-4-10-9(7-8)12(16)15-11(14-10)5-6-13/h3-4,7H,2,5H2,1H3,(H,14,15,16). The van der Waals surface area contributed by atoms with Gasteiger partial charge in [-0.05, 0) is 24.1 Å². The van der Waals surface area contributed by atoms with E-state index in [1.54, 1.807) is 0 Å². The summed E-state index contributed by atoms with van der Waals surface area (Å²) in [5.41, 5.74) is 1.57. The van der Waals surface area contributed by atoms with Crippen molar-refractivity contribution in [1.29, 1.82) is 5.26 Å². The fourth-order valence-corrected chi connectivity index (χ4v) is 1.61. The molecule has 0 fully saturated rings. The van der Waals surface area contributed by atoms with Gasteiger partial charge in [-0.1, -0.05) is 13.0 Å². The Kier molecular flexibility index (Phi) is 2.69. The largest absolute Gasteiger partial charge is 0.309 e. The van der Waals surface area contributed by atoms with Crippen LogP contribution in [0.4, 0.5) is 0 Å². The third kappa shape index (κ3) is 1.80. The van der Waals surface area contributed by atoms with Gasteiger partial charge in [-0.2, -0.15) is 5.26 Å². The van der Waals surface area contributed by atoms with Crippen LogP contribution in [0.5, 0.6) is 0 Å². The van der Waals surface area contributed by atoms with Gasteiger partial charge in [0.2, 0.25) is 0 Å². The van der Waals surface area contributed by atoms with E-state index < -0.39 is 0 Å². The highest BCUT2D eigenvalue weighted by atomic mass is 16.1. The van der Waals surface area contributed by atoms with E-state index in [4.69, 9.17) is 5.26 Å². The number of H-pyrrole nitrogens is 1. The molecule has 0 saturated heterocycles. The first kappa shape index (κ1) is 10.4. The number of nitriles is 1. The van der Waals surface area contributed by atoms with Crippen molar-refractivity contribution in [3.05, 3.63) is 39.9 Å². The van der Waals surface area contributed by atoms with Crippen LogP contribution in [0.2, 0.25) is 0 Å². The van der Waals surface area contributed by atoms with Gasteiger partial charge in [-0.15, -0.1) is 0 Å². The molecule has 4 nitrogen and oxygen atoms in total. The number of benzene rings is 1. The molecule has 2 aromatic rings. The van der Waals surface area contributed by atoms with Crippen molar-refractivity contribution in [2.24, 2.45) is 0 Å². The van der Waals surface area contributed by atoms with Crippen molar-refractivity contribution >= 4 is 10.9 Å². The molecule has 0 saturated carbocycles. The smallest absolute Gasteiger partial charge is 0.258 e. The highest BCUT2D eigenvalue weighted by molar-refractivity contribution is 5.78. The summed E-state index contributed by atoms with van der Waals surface area (Å²) >= 11 is 0. The number of hydrogen-bond donors (Lipinski definition) is 1. The maximum Gasteiger partial charge on any atom is 0.258 e. The summed E-state index contributed by atoms with van der Waals surface area (Å²) < 4.78 is 0. The number of aromatic amines is 1. The van der Waals surface area contributed by atoms with E-state index in [1.807, 2.05) is 31.2 Å². The summed E-state index contributed by atoms with van der Waals surface area (Å²) in [5, 5.41) is 9.14. The molecule has 1 aromatic carbocycles. The minimum absolute atomic E-state index is 0.126. The van der Waals surface area contributed by atoms with Crippen LogP contribution in [-0.4, -0.2) is 9.97 Å². The number of fused-ring (bicyclic) bond motifs is 1. The second kappa shape index (κ2) is 4.15. The number of nitrogens with one attached hydrogen (secondary N) is 1. The topological polar surface area (TPSA) is 69.5 Å². The summed E-state index contributed by atoms with van der Waals surface area (Å²) in [6, 6.07) is 7.58. The van der Waals surface area contributed by atoms with Crippen molar-refractivity contribution in [3.8, 4) is 6.07 Å². The van der Waals surface area contributed by atoms with Crippen molar-refractivity contribution in [3.63, 3.8) is 0 Å². The lowest BCUT2D eigenvalue weighted by Crippen LogP contribution is -2.11. The quantitative estimate of drug-likeness (QED) is 0.822. The fraction of sp³-hybridized carbons (Fsp3) is 0.250. The Bertz CT molecular complexity index is 622. The van der Waals surface area contributed by atoms with E-state index in [0.717, 1.165) is 12.0 Å². The van der Waals surface area contributed by atoms with E-state index in [0.29, 0.717) is 16.7 Å². The molecular formula is C12H11N3O. The Balaban J connectivity index is 2.67. The van der Waals surface area contributed by atoms with Gasteiger partial charge in [-0.25, -0.2) is 4.98 Å². The van der Waals surface area contributed by atoms with Gasteiger partial charge in [-0.3, -0.25) is 4.79 Å². The van der Waals surface area contributed by atoms with E-state index in [9.17, 15) is 4.79 Å². The molecular weight excluding hydrogens is 202 g/mol. The highest BCUT2D eigenvalue weighted by Gasteiger charge is 2.03. The van der Waals surface area contributed by atoms with Crippen molar-refractivity contribution in [1.82, 2.24) is 9.97 Å². The van der Waals surface area contributed by atoms with Gasteiger partial charge in [0.05, 0.1) is 23.4 Å². The fourth-order valence-electron chi connectivity index (χ4n) is 1.61. The molecule has 0 unspecified atom stereocenters. The maximum absolute atomic E-state index is 11.7. The zero-order chi connectivity index (χ0) is 11.5. The Labute approximate surface area is 92.6 Å². The molecule has 0 amide bonds. The van der Waals surface area contributed by atoms with Crippen LogP contribution in [0.25, 0.3) is 10.9 Å². The minimum atomic E-state index is -0.175. The number of nitrogens with zero attached hydrogens (tertiary/aromatic N) is 2. The van der Waals surface area contributed by atoms with E-state index in [1.165, 1.54) is 0 Å². The molecule has 16 heavy (non-hydrogen) atoms. The van der Waals surface area contributed by atoms with Gasteiger partial charge in [0.1, 0.15) is 5.82 Å². The first-order valence-electron chi connectivity index (χ1n) is 5.13. The average molecular weight is 213 g/mol. The molecule has 1 N–H and O–H groups in total. The van der Waals surface area contributed by atoms with E-state index >= 15 is 0 Å². The van der Waals surface area contributed by atoms with Crippen LogP contribution in [0.1, 0.15) is 18.3 Å². The number of aryl methyl sites for hydroxylation is 1. The van der Waals surface area contributed by atoms with Crippen LogP contribution >= 0.6 is 0 Å². The minimum Gasteiger partial charge on any atom is -0.309 e. The lowest BCUT2D eigenvalue weighted by atomic mass is 10.1. The van der Waals surface area contributed by atoms with Gasteiger partial charge in [0.15, 0.2) is 0 Å². The zero-order valence-electron chi connectivity index (χ0n) is 8.95. The molecule has 0 atom stereocenters. The maximum atomic E-state index is 11.7. The Hall–Kier alpha value is -2.15. The first-order valence-corrected chi connectivity index (χ1v) is 5.13. The van der Waals surface area contributed by atoms with Crippen LogP contribution in [0, 0.1) is 11.3 Å². The second-order valence-corrected chi connectivity index (χ2v) is 3.55. The third-order valence-corrected chi connectivity index (χ3v) is 2.47. The van der Waals surface area contributed by atoms with Gasteiger partial charge in [0, 0.05) is 0 Å². The Morgan fingerprint density at radius 2 is 2.31 bits per heavy atom. The highest BCUT2D eigenvalue weighted by Crippen LogP contribution is 2.10. The number of hydrogen-bond acceptors (Lipinski definition) is 3. The Morgan fingerprint density at radius 1 is 1.50 bits per heavy atom. The normalized spacial score (nSPS) is 10.2. The molecule has 0 radical (unpaired) electrons. The van der Waals surface area contributed by atoms with Crippen molar-refractivity contribution in [2.45, 2.75) is 19.8 Å². The van der Waals surface area contributed by atoms with Crippen LogP contribution in [0.15, 0.2) is 23.0 Å². The summed E-state index contributed by atoms with van der Waals surface area (Å²) in [7, 11) is 0. The summed E-state index contributed by atoms with van der Waals surface area (Å²) in [6.07, 6.45) is 1.01. The molecule has 4 heteroatoms. The predicted octanol–water partition coefficient (Wildman–Crippen LogP) is 1.55. The molecule has 0 aliphatic carbocycles. The zero-order valence-corrected chi connectivity index (χ0v) is 8.95. The lowest BCUT2D eigenvalue weighted by Gasteiger charge is -2.01. The second-order valence-electron chi connectivity index (χ2n) is 3.55. The van der Waals surface area contributed by atoms with Gasteiger partial charge >= 0.3 is 0 Å². The molecule has 0 bridgehead atoms. The molecule has 0 spiro atoms.